The standard InChI is InChI=1S/C22H20N2O6S/c1-13-16(21(27)28)5-4-6-17(13)23-22-24(2)20(26)18(31-22)11-14-7-9-15(10-8-14)30-12-19(25)29-3/h4-11H,12H2,1-3H3,(H,27,28)/b18-11-,23-22?. The Hall–Kier alpha value is -3.59. The molecule has 2 aromatic rings. The Morgan fingerprint density at radius 3 is 2.55 bits per heavy atom. The number of hydrogen-bond acceptors (Lipinski definition) is 7. The number of carboxylic acids is 1. The van der Waals surface area contributed by atoms with Crippen molar-refractivity contribution in [2.75, 3.05) is 20.8 Å². The maximum absolute atomic E-state index is 12.6. The minimum atomic E-state index is -1.03. The van der Waals surface area contributed by atoms with Gasteiger partial charge in [-0.25, -0.2) is 14.6 Å². The second-order valence-corrected chi connectivity index (χ2v) is 7.57. The van der Waals surface area contributed by atoms with Crippen LogP contribution in [0.15, 0.2) is 52.4 Å². The van der Waals surface area contributed by atoms with Gasteiger partial charge in [0.2, 0.25) is 0 Å². The van der Waals surface area contributed by atoms with Crippen LogP contribution in [0.5, 0.6) is 5.75 Å². The van der Waals surface area contributed by atoms with Gasteiger partial charge in [0.1, 0.15) is 5.75 Å². The maximum atomic E-state index is 12.6. The number of amidine groups is 1. The van der Waals surface area contributed by atoms with E-state index in [-0.39, 0.29) is 18.1 Å². The number of amides is 1. The highest BCUT2D eigenvalue weighted by molar-refractivity contribution is 8.18. The molecule has 0 saturated carbocycles. The first-order chi connectivity index (χ1) is 14.8. The minimum absolute atomic E-state index is 0.170. The first kappa shape index (κ1) is 22.1. The molecular weight excluding hydrogens is 420 g/mol. The Kier molecular flexibility index (Phi) is 6.76. The lowest BCUT2D eigenvalue weighted by Crippen LogP contribution is -2.23. The predicted molar refractivity (Wildman–Crippen MR) is 118 cm³/mol. The number of rotatable bonds is 6. The van der Waals surface area contributed by atoms with E-state index in [9.17, 15) is 19.5 Å². The van der Waals surface area contributed by atoms with Crippen molar-refractivity contribution in [1.29, 1.82) is 0 Å². The average Bonchev–Trinajstić information content (AvgIpc) is 3.02. The molecule has 0 atom stereocenters. The van der Waals surface area contributed by atoms with Crippen LogP contribution in [0.4, 0.5) is 5.69 Å². The average molecular weight is 440 g/mol. The Labute approximate surface area is 183 Å². The van der Waals surface area contributed by atoms with E-state index in [1.807, 2.05) is 0 Å². The largest absolute Gasteiger partial charge is 0.482 e. The predicted octanol–water partition coefficient (Wildman–Crippen LogP) is 3.48. The Balaban J connectivity index is 1.79. The number of thioether (sulfide) groups is 1. The van der Waals surface area contributed by atoms with E-state index in [2.05, 4.69) is 9.73 Å². The Morgan fingerprint density at radius 2 is 1.90 bits per heavy atom. The van der Waals surface area contributed by atoms with Gasteiger partial charge in [0, 0.05) is 7.05 Å². The molecule has 0 unspecified atom stereocenters. The molecule has 160 valence electrons. The molecule has 1 aliphatic heterocycles. The lowest BCUT2D eigenvalue weighted by Gasteiger charge is -2.09. The molecule has 1 amide bonds. The first-order valence-corrected chi connectivity index (χ1v) is 10.0. The van der Waals surface area contributed by atoms with Crippen molar-refractivity contribution in [3.63, 3.8) is 0 Å². The van der Waals surface area contributed by atoms with E-state index in [4.69, 9.17) is 4.74 Å². The third-order valence-corrected chi connectivity index (χ3v) is 5.58. The summed E-state index contributed by atoms with van der Waals surface area (Å²) < 4.78 is 9.83. The minimum Gasteiger partial charge on any atom is -0.482 e. The van der Waals surface area contributed by atoms with Crippen LogP contribution < -0.4 is 4.74 Å². The van der Waals surface area contributed by atoms with Gasteiger partial charge in [-0.15, -0.1) is 0 Å². The van der Waals surface area contributed by atoms with Crippen LogP contribution >= 0.6 is 11.8 Å². The molecule has 31 heavy (non-hydrogen) atoms. The fourth-order valence-electron chi connectivity index (χ4n) is 2.74. The summed E-state index contributed by atoms with van der Waals surface area (Å²) in [7, 11) is 2.91. The molecule has 1 saturated heterocycles. The van der Waals surface area contributed by atoms with E-state index in [1.165, 1.54) is 29.8 Å². The summed E-state index contributed by atoms with van der Waals surface area (Å²) in [6.07, 6.45) is 1.73. The highest BCUT2D eigenvalue weighted by Gasteiger charge is 2.30. The fraction of sp³-hybridized carbons (Fsp3) is 0.182. The number of carboxylic acid groups (broad SMARTS) is 1. The molecule has 0 aliphatic carbocycles. The summed E-state index contributed by atoms with van der Waals surface area (Å²) in [5, 5.41) is 9.74. The lowest BCUT2D eigenvalue weighted by molar-refractivity contribution is -0.142. The molecule has 1 aliphatic rings. The van der Waals surface area contributed by atoms with Crippen LogP contribution in [0.2, 0.25) is 0 Å². The number of carbonyl (C=O) groups excluding carboxylic acids is 2. The van der Waals surface area contributed by atoms with E-state index in [1.54, 1.807) is 56.4 Å². The van der Waals surface area contributed by atoms with Crippen LogP contribution in [0.1, 0.15) is 21.5 Å². The summed E-state index contributed by atoms with van der Waals surface area (Å²) in [6, 6.07) is 11.8. The zero-order valence-corrected chi connectivity index (χ0v) is 17.9. The molecule has 0 radical (unpaired) electrons. The van der Waals surface area contributed by atoms with Crippen molar-refractivity contribution in [3.05, 3.63) is 64.1 Å². The third kappa shape index (κ3) is 5.13. The zero-order valence-electron chi connectivity index (χ0n) is 17.1. The SMILES string of the molecule is COC(=O)COc1ccc(/C=C2\SC(=Nc3cccc(C(=O)O)c3C)N(C)C2=O)cc1. The van der Waals surface area contributed by atoms with Gasteiger partial charge in [-0.2, -0.15) is 0 Å². The normalized spacial score (nSPS) is 16.1. The molecule has 0 aromatic heterocycles. The van der Waals surface area contributed by atoms with Gasteiger partial charge in [-0.1, -0.05) is 18.2 Å². The number of ether oxygens (including phenoxy) is 2. The summed E-state index contributed by atoms with van der Waals surface area (Å²) in [6.45, 7) is 1.50. The van der Waals surface area contributed by atoms with E-state index < -0.39 is 11.9 Å². The van der Waals surface area contributed by atoms with Crippen molar-refractivity contribution < 1.29 is 29.0 Å². The number of aromatic carboxylic acids is 1. The summed E-state index contributed by atoms with van der Waals surface area (Å²) in [4.78, 5) is 41.5. The lowest BCUT2D eigenvalue weighted by atomic mass is 10.1. The summed E-state index contributed by atoms with van der Waals surface area (Å²) >= 11 is 1.21. The van der Waals surface area contributed by atoms with Crippen molar-refractivity contribution in [3.8, 4) is 5.75 Å². The molecule has 8 nitrogen and oxygen atoms in total. The number of benzene rings is 2. The fourth-order valence-corrected chi connectivity index (χ4v) is 3.72. The van der Waals surface area contributed by atoms with Crippen LogP contribution in [0, 0.1) is 6.92 Å². The smallest absolute Gasteiger partial charge is 0.343 e. The molecular formula is C22H20N2O6S. The second-order valence-electron chi connectivity index (χ2n) is 6.56. The monoisotopic (exact) mass is 440 g/mol. The van der Waals surface area contributed by atoms with Gasteiger partial charge in [0.15, 0.2) is 11.8 Å². The van der Waals surface area contributed by atoms with Gasteiger partial charge in [0.25, 0.3) is 5.91 Å². The van der Waals surface area contributed by atoms with Crippen LogP contribution in [0.25, 0.3) is 6.08 Å². The molecule has 1 N–H and O–H groups in total. The highest BCUT2D eigenvalue weighted by atomic mass is 32.2. The number of nitrogens with zero attached hydrogens (tertiary/aromatic N) is 2. The Morgan fingerprint density at radius 1 is 1.19 bits per heavy atom. The molecule has 0 spiro atoms. The van der Waals surface area contributed by atoms with Crippen LogP contribution in [0.3, 0.4) is 0 Å². The Bertz CT molecular complexity index is 1090. The molecule has 2 aromatic carbocycles. The van der Waals surface area contributed by atoms with Crippen molar-refractivity contribution in [2.45, 2.75) is 6.92 Å². The number of aliphatic imine (C=N–C) groups is 1. The topological polar surface area (TPSA) is 106 Å². The van der Waals surface area contributed by atoms with Crippen molar-refractivity contribution >= 4 is 46.5 Å². The second kappa shape index (κ2) is 9.48. The summed E-state index contributed by atoms with van der Waals surface area (Å²) in [5.74, 6) is -1.20. The maximum Gasteiger partial charge on any atom is 0.343 e. The third-order valence-electron chi connectivity index (χ3n) is 4.52. The van der Waals surface area contributed by atoms with Gasteiger partial charge in [-0.3, -0.25) is 9.69 Å². The number of likely N-dealkylation sites (N-methyl/N-ethyl adjacent to an activating group) is 1. The quantitative estimate of drug-likeness (QED) is 0.541. The summed E-state index contributed by atoms with van der Waals surface area (Å²) in [5.41, 5.74) is 1.98. The number of esters is 1. The first-order valence-electron chi connectivity index (χ1n) is 9.19. The van der Waals surface area contributed by atoms with Crippen molar-refractivity contribution in [1.82, 2.24) is 4.90 Å². The van der Waals surface area contributed by atoms with E-state index in [0.29, 0.717) is 27.1 Å². The molecule has 9 heteroatoms. The van der Waals surface area contributed by atoms with Gasteiger partial charge in [-0.05, 0) is 60.2 Å². The van der Waals surface area contributed by atoms with Gasteiger partial charge < -0.3 is 14.6 Å². The highest BCUT2D eigenvalue weighted by Crippen LogP contribution is 2.34. The van der Waals surface area contributed by atoms with Gasteiger partial charge in [0.05, 0.1) is 23.3 Å². The van der Waals surface area contributed by atoms with Crippen LogP contribution in [-0.4, -0.2) is 53.8 Å². The molecule has 3 rings (SSSR count). The number of methoxy groups -OCH3 is 1. The van der Waals surface area contributed by atoms with Crippen molar-refractivity contribution in [2.24, 2.45) is 4.99 Å². The van der Waals surface area contributed by atoms with Gasteiger partial charge >= 0.3 is 11.9 Å². The molecule has 0 bridgehead atoms. The van der Waals surface area contributed by atoms with E-state index in [0.717, 1.165) is 5.56 Å². The number of hydrogen-bond donors (Lipinski definition) is 1. The zero-order chi connectivity index (χ0) is 22.5. The number of carbonyl (C=O) groups is 3. The molecule has 1 fully saturated rings. The van der Waals surface area contributed by atoms with E-state index >= 15 is 0 Å². The molecule has 1 heterocycles. The van der Waals surface area contributed by atoms with Crippen LogP contribution in [-0.2, 0) is 14.3 Å².